The molecule has 2 heteroatoms. The molecule has 20 heavy (non-hydrogen) atoms. The molecule has 1 unspecified atom stereocenters. The molecule has 0 radical (unpaired) electrons. The van der Waals surface area contributed by atoms with Crippen molar-refractivity contribution in [1.82, 2.24) is 9.55 Å². The van der Waals surface area contributed by atoms with Crippen LogP contribution in [0, 0.1) is 5.92 Å². The van der Waals surface area contributed by atoms with Crippen molar-refractivity contribution in [3.8, 4) is 0 Å². The summed E-state index contributed by atoms with van der Waals surface area (Å²) in [6, 6.07) is 11.4. The summed E-state index contributed by atoms with van der Waals surface area (Å²) in [7, 11) is 0. The summed E-state index contributed by atoms with van der Waals surface area (Å²) in [5, 5.41) is 0. The molecule has 0 saturated heterocycles. The van der Waals surface area contributed by atoms with Gasteiger partial charge in [0.05, 0.1) is 6.33 Å². The van der Waals surface area contributed by atoms with Gasteiger partial charge in [0.1, 0.15) is 0 Å². The van der Waals surface area contributed by atoms with Crippen molar-refractivity contribution in [2.24, 2.45) is 5.92 Å². The number of benzene rings is 1. The first kappa shape index (κ1) is 13.4. The van der Waals surface area contributed by atoms with Crippen LogP contribution in [0.3, 0.4) is 0 Å². The van der Waals surface area contributed by atoms with Crippen molar-refractivity contribution in [2.75, 3.05) is 0 Å². The van der Waals surface area contributed by atoms with E-state index in [0.717, 1.165) is 12.3 Å². The minimum Gasteiger partial charge on any atom is -0.334 e. The molecule has 1 fully saturated rings. The zero-order valence-corrected chi connectivity index (χ0v) is 12.1. The van der Waals surface area contributed by atoms with E-state index in [1.807, 2.05) is 12.5 Å². The molecule has 106 valence electrons. The van der Waals surface area contributed by atoms with Crippen LogP contribution in [-0.4, -0.2) is 9.55 Å². The monoisotopic (exact) mass is 268 g/mol. The summed E-state index contributed by atoms with van der Waals surface area (Å²) < 4.78 is 2.31. The van der Waals surface area contributed by atoms with E-state index in [2.05, 4.69) is 46.1 Å². The van der Waals surface area contributed by atoms with Crippen LogP contribution in [0.15, 0.2) is 49.1 Å². The van der Waals surface area contributed by atoms with Crippen LogP contribution < -0.4 is 0 Å². The number of aromatic nitrogens is 2. The average Bonchev–Trinajstić information content (AvgIpc) is 3.03. The minimum atomic E-state index is 0.558. The molecule has 3 rings (SSSR count). The number of rotatable bonds is 5. The lowest BCUT2D eigenvalue weighted by Crippen LogP contribution is -2.17. The molecule has 1 aromatic heterocycles. The van der Waals surface area contributed by atoms with Gasteiger partial charge in [-0.25, -0.2) is 4.98 Å². The second-order valence-corrected chi connectivity index (χ2v) is 6.09. The van der Waals surface area contributed by atoms with Crippen molar-refractivity contribution in [1.29, 1.82) is 0 Å². The highest BCUT2D eigenvalue weighted by molar-refractivity contribution is 5.15. The molecule has 1 saturated carbocycles. The number of nitrogens with zero attached hydrogens (tertiary/aromatic N) is 2. The fourth-order valence-electron chi connectivity index (χ4n) is 3.49. The highest BCUT2D eigenvalue weighted by Crippen LogP contribution is 2.32. The van der Waals surface area contributed by atoms with Crippen LogP contribution >= 0.6 is 0 Å². The highest BCUT2D eigenvalue weighted by Gasteiger charge is 2.20. The summed E-state index contributed by atoms with van der Waals surface area (Å²) in [6.45, 7) is 0. The zero-order chi connectivity index (χ0) is 13.6. The maximum Gasteiger partial charge on any atom is 0.0948 e. The molecular weight excluding hydrogens is 244 g/mol. The van der Waals surface area contributed by atoms with Gasteiger partial charge in [-0.15, -0.1) is 0 Å². The van der Waals surface area contributed by atoms with Gasteiger partial charge in [-0.2, -0.15) is 0 Å². The molecule has 1 heterocycles. The predicted molar refractivity (Wildman–Crippen MR) is 82.6 cm³/mol. The van der Waals surface area contributed by atoms with Crippen LogP contribution in [0.5, 0.6) is 0 Å². The number of hydrogen-bond donors (Lipinski definition) is 0. The van der Waals surface area contributed by atoms with Crippen molar-refractivity contribution in [3.63, 3.8) is 0 Å². The molecule has 0 amide bonds. The first-order valence-electron chi connectivity index (χ1n) is 7.93. The molecule has 2 aromatic rings. The fourth-order valence-corrected chi connectivity index (χ4v) is 3.49. The van der Waals surface area contributed by atoms with Gasteiger partial charge in [-0.1, -0.05) is 62.4 Å². The summed E-state index contributed by atoms with van der Waals surface area (Å²) in [4.78, 5) is 4.24. The normalized spacial score (nSPS) is 18.0. The van der Waals surface area contributed by atoms with Crippen molar-refractivity contribution in [2.45, 2.75) is 51.0 Å². The third kappa shape index (κ3) is 3.50. The second-order valence-electron chi connectivity index (χ2n) is 6.09. The van der Waals surface area contributed by atoms with Gasteiger partial charge in [0, 0.05) is 18.4 Å². The van der Waals surface area contributed by atoms with Crippen molar-refractivity contribution < 1.29 is 0 Å². The molecule has 1 aliphatic carbocycles. The van der Waals surface area contributed by atoms with Crippen molar-refractivity contribution >= 4 is 0 Å². The number of hydrogen-bond acceptors (Lipinski definition) is 1. The lowest BCUT2D eigenvalue weighted by atomic mass is 9.83. The Morgan fingerprint density at radius 2 is 1.90 bits per heavy atom. The third-order valence-corrected chi connectivity index (χ3v) is 4.59. The minimum absolute atomic E-state index is 0.558. The maximum atomic E-state index is 4.24. The van der Waals surface area contributed by atoms with E-state index in [9.17, 15) is 0 Å². The highest BCUT2D eigenvalue weighted by atomic mass is 15.0. The van der Waals surface area contributed by atoms with Gasteiger partial charge >= 0.3 is 0 Å². The Kier molecular flexibility index (Phi) is 4.52. The standard InChI is InChI=1S/C18H24N2/c1-3-7-16(8-4-1)13-18(20-12-11-19-15-20)14-17-9-5-2-6-10-17/h1,3-4,7-8,11-12,15,17-18H,2,5-6,9-10,13-14H2. The van der Waals surface area contributed by atoms with E-state index in [1.165, 1.54) is 44.1 Å². The lowest BCUT2D eigenvalue weighted by Gasteiger charge is -2.27. The van der Waals surface area contributed by atoms with E-state index in [0.29, 0.717) is 6.04 Å². The zero-order valence-electron chi connectivity index (χ0n) is 12.1. The Labute approximate surface area is 121 Å². The Morgan fingerprint density at radius 3 is 2.60 bits per heavy atom. The first-order chi connectivity index (χ1) is 9.92. The summed E-state index contributed by atoms with van der Waals surface area (Å²) >= 11 is 0. The Bertz CT molecular complexity index is 483. The van der Waals surface area contributed by atoms with Crippen LogP contribution in [-0.2, 0) is 6.42 Å². The van der Waals surface area contributed by atoms with Gasteiger partial charge in [-0.3, -0.25) is 0 Å². The van der Waals surface area contributed by atoms with E-state index in [4.69, 9.17) is 0 Å². The molecule has 0 spiro atoms. The fraction of sp³-hybridized carbons (Fsp3) is 0.500. The molecule has 0 N–H and O–H groups in total. The molecule has 0 bridgehead atoms. The Balaban J connectivity index is 1.70. The predicted octanol–water partition coefficient (Wildman–Crippen LogP) is 4.64. The van der Waals surface area contributed by atoms with Crippen molar-refractivity contribution in [3.05, 3.63) is 54.6 Å². The summed E-state index contributed by atoms with van der Waals surface area (Å²) in [5.41, 5.74) is 1.43. The van der Waals surface area contributed by atoms with Gasteiger partial charge < -0.3 is 4.57 Å². The summed E-state index contributed by atoms with van der Waals surface area (Å²) in [5.74, 6) is 0.903. The van der Waals surface area contributed by atoms with E-state index in [1.54, 1.807) is 0 Å². The smallest absolute Gasteiger partial charge is 0.0948 e. The van der Waals surface area contributed by atoms with Crippen LogP contribution in [0.4, 0.5) is 0 Å². The Morgan fingerprint density at radius 1 is 1.10 bits per heavy atom. The van der Waals surface area contributed by atoms with Crippen LogP contribution in [0.2, 0.25) is 0 Å². The molecule has 2 nitrogen and oxygen atoms in total. The van der Waals surface area contributed by atoms with Gasteiger partial charge in [-0.05, 0) is 24.3 Å². The molecule has 0 aliphatic heterocycles. The summed E-state index contributed by atoms with van der Waals surface area (Å²) in [6.07, 6.45) is 15.5. The average molecular weight is 268 g/mol. The largest absolute Gasteiger partial charge is 0.334 e. The third-order valence-electron chi connectivity index (χ3n) is 4.59. The quantitative estimate of drug-likeness (QED) is 0.772. The number of imidazole rings is 1. The van der Waals surface area contributed by atoms with Crippen LogP contribution in [0.1, 0.15) is 50.1 Å². The molecule has 1 atom stereocenters. The first-order valence-corrected chi connectivity index (χ1v) is 7.93. The second kappa shape index (κ2) is 6.74. The van der Waals surface area contributed by atoms with E-state index >= 15 is 0 Å². The molecule has 1 aliphatic rings. The maximum absolute atomic E-state index is 4.24. The van der Waals surface area contributed by atoms with E-state index in [-0.39, 0.29) is 0 Å². The van der Waals surface area contributed by atoms with Gasteiger partial charge in [0.15, 0.2) is 0 Å². The topological polar surface area (TPSA) is 17.8 Å². The Hall–Kier alpha value is -1.57. The van der Waals surface area contributed by atoms with Crippen LogP contribution in [0.25, 0.3) is 0 Å². The molecule has 1 aromatic carbocycles. The SMILES string of the molecule is c1ccc(CC(CC2CCCCC2)n2ccnc2)cc1. The molecular formula is C18H24N2. The van der Waals surface area contributed by atoms with Gasteiger partial charge in [0.2, 0.25) is 0 Å². The van der Waals surface area contributed by atoms with E-state index < -0.39 is 0 Å². The lowest BCUT2D eigenvalue weighted by molar-refractivity contribution is 0.285. The van der Waals surface area contributed by atoms with Gasteiger partial charge in [0.25, 0.3) is 0 Å².